The highest BCUT2D eigenvalue weighted by molar-refractivity contribution is 9.10. The molecule has 118 valence electrons. The maximum absolute atomic E-state index is 12.3. The second-order valence-corrected chi connectivity index (χ2v) is 9.63. The normalized spacial score (nSPS) is 21.3. The highest BCUT2D eigenvalue weighted by atomic mass is 79.9. The van der Waals surface area contributed by atoms with Gasteiger partial charge in [0.05, 0.1) is 5.69 Å². The molecule has 1 aromatic rings. The van der Waals surface area contributed by atoms with Gasteiger partial charge in [-0.15, -0.1) is 0 Å². The number of hydrogen-bond acceptors (Lipinski definition) is 5. The minimum Gasteiger partial charge on any atom is -0.353 e. The van der Waals surface area contributed by atoms with Gasteiger partial charge in [0.1, 0.15) is 5.37 Å². The number of rotatable bonds is 4. The van der Waals surface area contributed by atoms with Gasteiger partial charge in [0.2, 0.25) is 0 Å². The Labute approximate surface area is 139 Å². The van der Waals surface area contributed by atoms with E-state index in [1.165, 1.54) is 0 Å². The monoisotopic (exact) mass is 392 g/mol. The van der Waals surface area contributed by atoms with Gasteiger partial charge in [0, 0.05) is 34.3 Å². The van der Waals surface area contributed by atoms with Gasteiger partial charge in [-0.2, -0.15) is 11.8 Å². The molecule has 2 atom stereocenters. The molecule has 1 heterocycles. The van der Waals surface area contributed by atoms with Gasteiger partial charge >= 0.3 is 0 Å². The number of hydrogen-bond donors (Lipinski definition) is 1. The Balaban J connectivity index is 2.38. The van der Waals surface area contributed by atoms with E-state index in [-0.39, 0.29) is 11.8 Å². The summed E-state index contributed by atoms with van der Waals surface area (Å²) in [6.07, 6.45) is 0. The van der Waals surface area contributed by atoms with Gasteiger partial charge in [-0.1, -0.05) is 13.0 Å². The lowest BCUT2D eigenvalue weighted by atomic mass is 10.1. The Morgan fingerprint density at radius 1 is 1.52 bits per heavy atom. The predicted molar refractivity (Wildman–Crippen MR) is 94.7 cm³/mol. The Hall–Kier alpha value is -0.240. The fourth-order valence-electron chi connectivity index (χ4n) is 2.39. The summed E-state index contributed by atoms with van der Waals surface area (Å²) in [6, 6.07) is 5.89. The van der Waals surface area contributed by atoms with Crippen LogP contribution in [0.3, 0.4) is 0 Å². The third-order valence-corrected chi connectivity index (χ3v) is 7.63. The largest absolute Gasteiger partial charge is 0.353 e. The zero-order chi connectivity index (χ0) is 15.6. The first-order valence-electron chi connectivity index (χ1n) is 6.97. The highest BCUT2D eigenvalue weighted by Gasteiger charge is 2.33. The van der Waals surface area contributed by atoms with E-state index in [1.807, 2.05) is 30.0 Å². The van der Waals surface area contributed by atoms with Crippen LogP contribution in [0.15, 0.2) is 22.7 Å². The van der Waals surface area contributed by atoms with Gasteiger partial charge in [-0.25, -0.2) is 8.42 Å². The summed E-state index contributed by atoms with van der Waals surface area (Å²) < 4.78 is 25.6. The van der Waals surface area contributed by atoms with Crippen LogP contribution in [0, 0.1) is 0 Å². The molecule has 0 aliphatic carbocycles. The molecule has 1 aromatic carbocycles. The Morgan fingerprint density at radius 3 is 2.81 bits per heavy atom. The van der Waals surface area contributed by atoms with Crippen molar-refractivity contribution in [2.45, 2.75) is 25.3 Å². The SMILES string of the molecule is CCS(=O)(=O)C1CSCCN1c1ccc(C(C)N)cc1Br. The van der Waals surface area contributed by atoms with Crippen LogP contribution >= 0.6 is 27.7 Å². The molecule has 0 aromatic heterocycles. The van der Waals surface area contributed by atoms with Crippen molar-refractivity contribution in [2.24, 2.45) is 5.73 Å². The third kappa shape index (κ3) is 3.75. The number of anilines is 1. The van der Waals surface area contributed by atoms with E-state index >= 15 is 0 Å². The number of benzene rings is 1. The molecule has 1 aliphatic heterocycles. The predicted octanol–water partition coefficient (Wildman–Crippen LogP) is 2.78. The van der Waals surface area contributed by atoms with Crippen molar-refractivity contribution in [3.8, 4) is 0 Å². The van der Waals surface area contributed by atoms with E-state index in [0.717, 1.165) is 28.0 Å². The summed E-state index contributed by atoms with van der Waals surface area (Å²) in [6.45, 7) is 4.38. The number of sulfone groups is 1. The molecular formula is C14H21BrN2O2S2. The van der Waals surface area contributed by atoms with E-state index in [4.69, 9.17) is 5.73 Å². The van der Waals surface area contributed by atoms with Gasteiger partial charge in [-0.05, 0) is 40.5 Å². The van der Waals surface area contributed by atoms with Crippen molar-refractivity contribution in [3.05, 3.63) is 28.2 Å². The van der Waals surface area contributed by atoms with Crippen LogP contribution in [0.5, 0.6) is 0 Å². The highest BCUT2D eigenvalue weighted by Crippen LogP contribution is 2.34. The molecule has 0 saturated carbocycles. The molecule has 0 bridgehead atoms. The minimum atomic E-state index is -3.10. The molecule has 1 aliphatic rings. The number of thioether (sulfide) groups is 1. The molecule has 2 N–H and O–H groups in total. The summed E-state index contributed by atoms with van der Waals surface area (Å²) in [5.41, 5.74) is 7.86. The Morgan fingerprint density at radius 2 is 2.24 bits per heavy atom. The van der Waals surface area contributed by atoms with Gasteiger partial charge in [0.25, 0.3) is 0 Å². The van der Waals surface area contributed by atoms with Crippen molar-refractivity contribution >= 4 is 43.2 Å². The zero-order valence-corrected chi connectivity index (χ0v) is 15.5. The quantitative estimate of drug-likeness (QED) is 0.852. The first-order valence-corrected chi connectivity index (χ1v) is 10.6. The molecule has 2 unspecified atom stereocenters. The van der Waals surface area contributed by atoms with Crippen molar-refractivity contribution in [1.29, 1.82) is 0 Å². The van der Waals surface area contributed by atoms with Crippen LogP contribution in [-0.2, 0) is 9.84 Å². The Kier molecular flexibility index (Phi) is 5.62. The van der Waals surface area contributed by atoms with Crippen LogP contribution in [-0.4, -0.2) is 37.6 Å². The van der Waals surface area contributed by atoms with Crippen molar-refractivity contribution in [2.75, 3.05) is 28.7 Å². The summed E-state index contributed by atoms with van der Waals surface area (Å²) in [5, 5.41) is -0.446. The van der Waals surface area contributed by atoms with E-state index in [0.29, 0.717) is 5.75 Å². The van der Waals surface area contributed by atoms with E-state index in [1.54, 1.807) is 18.7 Å². The molecule has 0 radical (unpaired) electrons. The lowest BCUT2D eigenvalue weighted by Crippen LogP contribution is -2.48. The number of nitrogens with two attached hydrogens (primary N) is 1. The maximum atomic E-state index is 12.3. The topological polar surface area (TPSA) is 63.4 Å². The lowest BCUT2D eigenvalue weighted by Gasteiger charge is -2.37. The summed E-state index contributed by atoms with van der Waals surface area (Å²) in [5.74, 6) is 1.74. The summed E-state index contributed by atoms with van der Waals surface area (Å²) >= 11 is 5.27. The molecule has 0 spiro atoms. The van der Waals surface area contributed by atoms with Crippen LogP contribution in [0.1, 0.15) is 25.5 Å². The molecular weight excluding hydrogens is 372 g/mol. The molecule has 0 amide bonds. The van der Waals surface area contributed by atoms with Crippen molar-refractivity contribution in [3.63, 3.8) is 0 Å². The summed E-state index contributed by atoms with van der Waals surface area (Å²) in [7, 11) is -3.10. The molecule has 1 saturated heterocycles. The second-order valence-electron chi connectivity index (χ2n) is 5.17. The fraction of sp³-hybridized carbons (Fsp3) is 0.571. The molecule has 2 rings (SSSR count). The zero-order valence-electron chi connectivity index (χ0n) is 12.3. The van der Waals surface area contributed by atoms with Gasteiger partial charge < -0.3 is 10.6 Å². The van der Waals surface area contributed by atoms with Crippen molar-refractivity contribution < 1.29 is 8.42 Å². The van der Waals surface area contributed by atoms with Crippen LogP contribution in [0.2, 0.25) is 0 Å². The smallest absolute Gasteiger partial charge is 0.171 e. The molecule has 21 heavy (non-hydrogen) atoms. The molecule has 7 heteroatoms. The van der Waals surface area contributed by atoms with Crippen LogP contribution < -0.4 is 10.6 Å². The first-order chi connectivity index (χ1) is 9.86. The van der Waals surface area contributed by atoms with Crippen molar-refractivity contribution in [1.82, 2.24) is 0 Å². The van der Waals surface area contributed by atoms with E-state index < -0.39 is 15.2 Å². The van der Waals surface area contributed by atoms with Crippen LogP contribution in [0.4, 0.5) is 5.69 Å². The van der Waals surface area contributed by atoms with E-state index in [9.17, 15) is 8.42 Å². The van der Waals surface area contributed by atoms with Crippen LogP contribution in [0.25, 0.3) is 0 Å². The first kappa shape index (κ1) is 17.1. The third-order valence-electron chi connectivity index (χ3n) is 3.71. The number of halogens is 1. The average Bonchev–Trinajstić information content (AvgIpc) is 2.47. The van der Waals surface area contributed by atoms with Gasteiger partial charge in [-0.3, -0.25) is 0 Å². The minimum absolute atomic E-state index is 0.0394. The summed E-state index contributed by atoms with van der Waals surface area (Å²) in [4.78, 5) is 2.00. The number of nitrogens with zero attached hydrogens (tertiary/aromatic N) is 1. The van der Waals surface area contributed by atoms with Gasteiger partial charge in [0.15, 0.2) is 9.84 Å². The molecule has 4 nitrogen and oxygen atoms in total. The van der Waals surface area contributed by atoms with E-state index in [2.05, 4.69) is 15.9 Å². The maximum Gasteiger partial charge on any atom is 0.171 e. The average molecular weight is 393 g/mol. The lowest BCUT2D eigenvalue weighted by molar-refractivity contribution is 0.579. The Bertz CT molecular complexity index is 605. The fourth-order valence-corrected chi connectivity index (χ4v) is 5.99. The standard InChI is InChI=1S/C14H21BrN2O2S2/c1-3-21(18,19)14-9-20-7-6-17(14)13-5-4-11(10(2)16)8-12(13)15/h4-5,8,10,14H,3,6-7,9,16H2,1-2H3. The second kappa shape index (κ2) is 6.89. The molecule has 1 fully saturated rings.